The van der Waals surface area contributed by atoms with Gasteiger partial charge in [0, 0.05) is 4.88 Å². The SMILES string of the molecule is Cc1nc(S(N)(=O)=NC(=O)[C@H](CC(C)C)NC(=O)OC(C)(C)C)sc1C. The first-order valence-corrected chi connectivity index (χ1v) is 10.6. The monoisotopic (exact) mass is 404 g/mol. The number of thiazole rings is 1. The van der Waals surface area contributed by atoms with Crippen molar-refractivity contribution in [3.8, 4) is 0 Å². The van der Waals surface area contributed by atoms with Gasteiger partial charge in [0.2, 0.25) is 4.34 Å². The third-order valence-electron chi connectivity index (χ3n) is 3.18. The van der Waals surface area contributed by atoms with Gasteiger partial charge < -0.3 is 10.1 Å². The van der Waals surface area contributed by atoms with Crippen LogP contribution in [0.3, 0.4) is 0 Å². The van der Waals surface area contributed by atoms with Crippen LogP contribution in [0.5, 0.6) is 0 Å². The first kappa shape index (κ1) is 22.5. The molecule has 2 amide bonds. The van der Waals surface area contributed by atoms with Crippen LogP contribution in [0.25, 0.3) is 0 Å². The molecule has 0 bridgehead atoms. The number of nitrogens with zero attached hydrogens (tertiary/aromatic N) is 2. The molecule has 0 spiro atoms. The normalized spacial score (nSPS) is 15.3. The molecule has 0 saturated heterocycles. The second-order valence-corrected chi connectivity index (χ2v) is 10.6. The lowest BCUT2D eigenvalue weighted by Gasteiger charge is -2.23. The molecule has 26 heavy (non-hydrogen) atoms. The van der Waals surface area contributed by atoms with Crippen LogP contribution < -0.4 is 10.5 Å². The summed E-state index contributed by atoms with van der Waals surface area (Å²) in [6.45, 7) is 12.5. The predicted molar refractivity (Wildman–Crippen MR) is 102 cm³/mol. The molecule has 2 atom stereocenters. The van der Waals surface area contributed by atoms with Crippen LogP contribution in [0, 0.1) is 19.8 Å². The van der Waals surface area contributed by atoms with Gasteiger partial charge in [0.05, 0.1) is 5.69 Å². The van der Waals surface area contributed by atoms with Gasteiger partial charge in [0.15, 0.2) is 9.92 Å². The van der Waals surface area contributed by atoms with Crippen molar-refractivity contribution in [2.24, 2.45) is 15.4 Å². The Balaban J connectivity index is 3.08. The van der Waals surface area contributed by atoms with Crippen molar-refractivity contribution < 1.29 is 18.5 Å². The largest absolute Gasteiger partial charge is 0.444 e. The molecule has 0 aliphatic carbocycles. The molecule has 10 heteroatoms. The first-order valence-electron chi connectivity index (χ1n) is 8.23. The number of carbonyl (C=O) groups is 2. The number of alkyl carbamates (subject to hydrolysis) is 1. The van der Waals surface area contributed by atoms with E-state index in [0.29, 0.717) is 12.1 Å². The summed E-state index contributed by atoms with van der Waals surface area (Å²) < 4.78 is 21.6. The highest BCUT2D eigenvalue weighted by molar-refractivity contribution is 7.93. The molecule has 0 radical (unpaired) electrons. The lowest BCUT2D eigenvalue weighted by atomic mass is 10.0. The Bertz CT molecular complexity index is 767. The molecule has 1 rings (SSSR count). The predicted octanol–water partition coefficient (Wildman–Crippen LogP) is 2.93. The average Bonchev–Trinajstić information content (AvgIpc) is 2.75. The number of nitrogens with one attached hydrogen (secondary N) is 1. The number of amides is 2. The van der Waals surface area contributed by atoms with E-state index in [9.17, 15) is 13.8 Å². The Morgan fingerprint density at radius 1 is 1.35 bits per heavy atom. The number of ether oxygens (including phenoxy) is 1. The Labute approximate surface area is 159 Å². The zero-order valence-corrected chi connectivity index (χ0v) is 17.9. The van der Waals surface area contributed by atoms with E-state index in [4.69, 9.17) is 9.88 Å². The fourth-order valence-corrected chi connectivity index (χ4v) is 4.29. The van der Waals surface area contributed by atoms with Crippen LogP contribution in [0.2, 0.25) is 0 Å². The van der Waals surface area contributed by atoms with Crippen molar-refractivity contribution in [2.75, 3.05) is 0 Å². The maximum Gasteiger partial charge on any atom is 0.408 e. The van der Waals surface area contributed by atoms with Gasteiger partial charge in [-0.25, -0.2) is 19.1 Å². The number of rotatable bonds is 5. The van der Waals surface area contributed by atoms with E-state index in [1.165, 1.54) is 0 Å². The Kier molecular flexibility index (Phi) is 7.32. The average molecular weight is 405 g/mol. The number of carbonyl (C=O) groups excluding carboxylic acids is 2. The molecule has 0 fully saturated rings. The van der Waals surface area contributed by atoms with E-state index in [-0.39, 0.29) is 10.3 Å². The topological polar surface area (TPSA) is 124 Å². The molecule has 3 N–H and O–H groups in total. The Hall–Kier alpha value is -1.52. The number of hydrogen-bond acceptors (Lipinski definition) is 6. The van der Waals surface area contributed by atoms with Crippen LogP contribution in [0.4, 0.5) is 4.79 Å². The maximum absolute atomic E-state index is 12.7. The Morgan fingerprint density at radius 2 is 1.92 bits per heavy atom. The van der Waals surface area contributed by atoms with E-state index in [1.807, 2.05) is 20.8 Å². The second kappa shape index (κ2) is 8.45. The first-order chi connectivity index (χ1) is 11.7. The van der Waals surface area contributed by atoms with E-state index in [2.05, 4.69) is 14.7 Å². The molecule has 148 valence electrons. The van der Waals surface area contributed by atoms with Crippen molar-refractivity contribution >= 4 is 33.3 Å². The zero-order valence-electron chi connectivity index (χ0n) is 16.3. The molecule has 0 aliphatic heterocycles. The van der Waals surface area contributed by atoms with Gasteiger partial charge in [-0.1, -0.05) is 13.8 Å². The summed E-state index contributed by atoms with van der Waals surface area (Å²) in [5.41, 5.74) is -0.0132. The summed E-state index contributed by atoms with van der Waals surface area (Å²) >= 11 is 1.14. The number of aromatic nitrogens is 1. The zero-order chi connectivity index (χ0) is 20.3. The van der Waals surface area contributed by atoms with Gasteiger partial charge in [-0.2, -0.15) is 0 Å². The molecule has 0 aliphatic rings. The van der Waals surface area contributed by atoms with Gasteiger partial charge in [-0.3, -0.25) is 4.79 Å². The molecule has 1 unspecified atom stereocenters. The van der Waals surface area contributed by atoms with E-state index < -0.39 is 33.6 Å². The molecule has 0 saturated carbocycles. The maximum atomic E-state index is 12.7. The van der Waals surface area contributed by atoms with Crippen LogP contribution in [0.15, 0.2) is 8.70 Å². The minimum Gasteiger partial charge on any atom is -0.444 e. The minimum atomic E-state index is -3.47. The van der Waals surface area contributed by atoms with Crippen LogP contribution in [-0.2, 0) is 19.4 Å². The van der Waals surface area contributed by atoms with E-state index >= 15 is 0 Å². The van der Waals surface area contributed by atoms with Crippen molar-refractivity contribution in [3.05, 3.63) is 10.6 Å². The van der Waals surface area contributed by atoms with Crippen molar-refractivity contribution in [3.63, 3.8) is 0 Å². The van der Waals surface area contributed by atoms with Crippen molar-refractivity contribution in [1.82, 2.24) is 10.3 Å². The summed E-state index contributed by atoms with van der Waals surface area (Å²) in [6, 6.07) is -0.976. The number of hydrogen-bond donors (Lipinski definition) is 2. The second-order valence-electron chi connectivity index (χ2n) is 7.45. The fourth-order valence-electron chi connectivity index (χ4n) is 1.95. The molecular formula is C16H28N4O4S2. The van der Waals surface area contributed by atoms with Gasteiger partial charge >= 0.3 is 6.09 Å². The summed E-state index contributed by atoms with van der Waals surface area (Å²) in [7, 11) is -3.47. The molecule has 1 heterocycles. The molecule has 1 aromatic heterocycles. The van der Waals surface area contributed by atoms with Gasteiger partial charge in [-0.15, -0.1) is 15.7 Å². The molecule has 1 aromatic rings. The highest BCUT2D eigenvalue weighted by Gasteiger charge is 2.27. The molecule has 0 aromatic carbocycles. The van der Waals surface area contributed by atoms with Gasteiger partial charge in [-0.05, 0) is 47.0 Å². The third kappa shape index (κ3) is 7.00. The highest BCUT2D eigenvalue weighted by atomic mass is 32.2. The smallest absolute Gasteiger partial charge is 0.408 e. The van der Waals surface area contributed by atoms with Crippen molar-refractivity contribution in [2.45, 2.75) is 70.9 Å². The summed E-state index contributed by atoms with van der Waals surface area (Å²) in [4.78, 5) is 29.5. The number of aryl methyl sites for hydroxylation is 2. The van der Waals surface area contributed by atoms with E-state index in [0.717, 1.165) is 16.2 Å². The summed E-state index contributed by atoms with van der Waals surface area (Å²) in [5.74, 6) is -0.671. The fraction of sp³-hybridized carbons (Fsp3) is 0.688. The summed E-state index contributed by atoms with van der Waals surface area (Å²) in [5, 5.41) is 8.26. The quantitative estimate of drug-likeness (QED) is 0.781. The van der Waals surface area contributed by atoms with E-state index in [1.54, 1.807) is 27.7 Å². The lowest BCUT2D eigenvalue weighted by molar-refractivity contribution is -0.120. The van der Waals surface area contributed by atoms with Gasteiger partial charge in [0.1, 0.15) is 11.6 Å². The van der Waals surface area contributed by atoms with Crippen LogP contribution in [0.1, 0.15) is 51.6 Å². The Morgan fingerprint density at radius 3 is 2.35 bits per heavy atom. The highest BCUT2D eigenvalue weighted by Crippen LogP contribution is 2.21. The minimum absolute atomic E-state index is 0.0901. The third-order valence-corrected chi connectivity index (χ3v) is 6.06. The summed E-state index contributed by atoms with van der Waals surface area (Å²) in [6.07, 6.45) is -0.427. The molecular weight excluding hydrogens is 376 g/mol. The standard InChI is InChI=1S/C16H28N4O4S2/c1-9(2)8-12(19-14(22)24-16(5,6)7)13(21)20-26(17,23)15-18-10(3)11(4)25-15/h9,12H,8H2,1-7H3,(H,19,22)(H2,17,20,21,23)/t12-,26?/m0/s1. The van der Waals surface area contributed by atoms with Crippen LogP contribution in [-0.4, -0.2) is 32.8 Å². The van der Waals surface area contributed by atoms with Gasteiger partial charge in [0.25, 0.3) is 5.91 Å². The molecule has 8 nitrogen and oxygen atoms in total. The number of nitrogens with two attached hydrogens (primary N) is 1. The van der Waals surface area contributed by atoms with Crippen molar-refractivity contribution in [1.29, 1.82) is 0 Å². The van der Waals surface area contributed by atoms with Crippen LogP contribution >= 0.6 is 11.3 Å². The lowest BCUT2D eigenvalue weighted by Crippen LogP contribution is -2.44.